The molecular formula is C30H30N2O6. The predicted molar refractivity (Wildman–Crippen MR) is 141 cm³/mol. The van der Waals surface area contributed by atoms with Gasteiger partial charge < -0.3 is 29.4 Å². The summed E-state index contributed by atoms with van der Waals surface area (Å²) in [4.78, 5) is 12.4. The molecule has 0 amide bonds. The van der Waals surface area contributed by atoms with Gasteiger partial charge in [0.15, 0.2) is 18.1 Å². The van der Waals surface area contributed by atoms with Crippen LogP contribution in [0.5, 0.6) is 28.7 Å². The number of benzene rings is 3. The minimum absolute atomic E-state index is 0.0133. The van der Waals surface area contributed by atoms with Crippen molar-refractivity contribution < 1.29 is 28.5 Å². The Morgan fingerprint density at radius 2 is 1.82 bits per heavy atom. The first-order valence-corrected chi connectivity index (χ1v) is 12.4. The number of fused-ring (bicyclic) bond motifs is 1. The lowest BCUT2D eigenvalue weighted by atomic mass is 9.83. The van der Waals surface area contributed by atoms with Crippen LogP contribution >= 0.6 is 0 Å². The molecule has 0 aliphatic carbocycles. The monoisotopic (exact) mass is 514 g/mol. The molecule has 0 radical (unpaired) electrons. The summed E-state index contributed by atoms with van der Waals surface area (Å²) >= 11 is 0. The second-order valence-electron chi connectivity index (χ2n) is 8.64. The number of nitriles is 1. The highest BCUT2D eigenvalue weighted by Gasteiger charge is 2.32. The zero-order valence-electron chi connectivity index (χ0n) is 21.7. The van der Waals surface area contributed by atoms with E-state index in [1.165, 1.54) is 0 Å². The second kappa shape index (κ2) is 12.1. The maximum Gasteiger partial charge on any atom is 0.349 e. The van der Waals surface area contributed by atoms with Crippen molar-refractivity contribution in [2.45, 2.75) is 33.1 Å². The topological polar surface area (TPSA) is 113 Å². The van der Waals surface area contributed by atoms with Gasteiger partial charge >= 0.3 is 5.97 Å². The Labute approximate surface area is 222 Å². The summed E-state index contributed by atoms with van der Waals surface area (Å²) in [5, 5.41) is 9.90. The van der Waals surface area contributed by atoms with E-state index in [4.69, 9.17) is 29.4 Å². The number of rotatable bonds is 10. The quantitative estimate of drug-likeness (QED) is 0.283. The minimum atomic E-state index is -0.564. The van der Waals surface area contributed by atoms with Gasteiger partial charge in [0.05, 0.1) is 19.1 Å². The Morgan fingerprint density at radius 3 is 2.55 bits per heavy atom. The lowest BCUT2D eigenvalue weighted by Gasteiger charge is -2.27. The van der Waals surface area contributed by atoms with E-state index in [9.17, 15) is 10.1 Å². The number of esters is 1. The molecule has 0 bridgehead atoms. The number of nitrogens with zero attached hydrogens (tertiary/aromatic N) is 1. The van der Waals surface area contributed by atoms with Gasteiger partial charge in [0.1, 0.15) is 28.9 Å². The third-order valence-electron chi connectivity index (χ3n) is 5.92. The number of para-hydroxylation sites is 1. The van der Waals surface area contributed by atoms with Gasteiger partial charge in [0.2, 0.25) is 5.88 Å². The lowest BCUT2D eigenvalue weighted by molar-refractivity contribution is -0.136. The van der Waals surface area contributed by atoms with Gasteiger partial charge in [-0.3, -0.25) is 0 Å². The molecule has 0 saturated heterocycles. The highest BCUT2D eigenvalue weighted by molar-refractivity contribution is 5.74. The normalized spacial score (nSPS) is 14.1. The Kier molecular flexibility index (Phi) is 8.39. The zero-order valence-corrected chi connectivity index (χ0v) is 21.7. The molecule has 38 heavy (non-hydrogen) atoms. The standard InChI is InChI=1S/C30H30N2O6/c1-4-14-35-25-13-10-20(15-27(25)34-5-2)29-22-12-11-21(16-26(22)38-30(32)23(29)17-31)37-28(33)18-36-24-9-7-6-8-19(24)3/h6-13,15-16,29H,4-5,14,18,32H2,1-3H3. The summed E-state index contributed by atoms with van der Waals surface area (Å²) in [5.41, 5.74) is 8.84. The van der Waals surface area contributed by atoms with Crippen LogP contribution in [0.15, 0.2) is 72.1 Å². The summed E-state index contributed by atoms with van der Waals surface area (Å²) in [7, 11) is 0. The van der Waals surface area contributed by atoms with Crippen LogP contribution < -0.4 is 29.4 Å². The fourth-order valence-corrected chi connectivity index (χ4v) is 4.16. The number of carbonyl (C=O) groups is 1. The Morgan fingerprint density at radius 1 is 1.00 bits per heavy atom. The summed E-state index contributed by atoms with van der Waals surface area (Å²) in [5.74, 6) is 1.41. The molecule has 1 heterocycles. The van der Waals surface area contributed by atoms with Crippen molar-refractivity contribution in [1.29, 1.82) is 5.26 Å². The van der Waals surface area contributed by atoms with E-state index in [1.807, 2.05) is 57.2 Å². The van der Waals surface area contributed by atoms with Crippen molar-refractivity contribution in [3.8, 4) is 34.8 Å². The largest absolute Gasteiger partial charge is 0.490 e. The van der Waals surface area contributed by atoms with E-state index >= 15 is 0 Å². The molecule has 8 nitrogen and oxygen atoms in total. The average molecular weight is 515 g/mol. The van der Waals surface area contributed by atoms with E-state index in [1.54, 1.807) is 24.3 Å². The van der Waals surface area contributed by atoms with Crippen LogP contribution in [0.4, 0.5) is 0 Å². The molecule has 3 aromatic carbocycles. The second-order valence-corrected chi connectivity index (χ2v) is 8.64. The number of hydrogen-bond donors (Lipinski definition) is 1. The maximum absolute atomic E-state index is 12.4. The number of allylic oxidation sites excluding steroid dienone is 1. The van der Waals surface area contributed by atoms with E-state index in [2.05, 4.69) is 6.07 Å². The molecule has 0 aromatic heterocycles. The molecular weight excluding hydrogens is 484 g/mol. The molecule has 196 valence electrons. The highest BCUT2D eigenvalue weighted by atomic mass is 16.6. The first kappa shape index (κ1) is 26.4. The molecule has 8 heteroatoms. The third-order valence-corrected chi connectivity index (χ3v) is 5.92. The predicted octanol–water partition coefficient (Wildman–Crippen LogP) is 5.39. The van der Waals surface area contributed by atoms with Crippen molar-refractivity contribution in [3.63, 3.8) is 0 Å². The van der Waals surface area contributed by atoms with E-state index in [0.717, 1.165) is 17.5 Å². The third kappa shape index (κ3) is 5.84. The van der Waals surface area contributed by atoms with Gasteiger partial charge in [-0.05, 0) is 55.7 Å². The van der Waals surface area contributed by atoms with Crippen LogP contribution in [0.25, 0.3) is 0 Å². The molecule has 1 atom stereocenters. The van der Waals surface area contributed by atoms with Crippen molar-refractivity contribution in [2.24, 2.45) is 5.73 Å². The number of aryl methyl sites for hydroxylation is 1. The molecule has 1 aliphatic heterocycles. The van der Waals surface area contributed by atoms with Gasteiger partial charge in [0, 0.05) is 11.6 Å². The number of ether oxygens (including phenoxy) is 5. The fourth-order valence-electron chi connectivity index (χ4n) is 4.16. The zero-order chi connectivity index (χ0) is 27.1. The summed E-state index contributed by atoms with van der Waals surface area (Å²) in [6, 6.07) is 20.2. The van der Waals surface area contributed by atoms with Crippen LogP contribution in [0.3, 0.4) is 0 Å². The van der Waals surface area contributed by atoms with Crippen molar-refractivity contribution in [1.82, 2.24) is 0 Å². The van der Waals surface area contributed by atoms with Crippen LogP contribution in [-0.2, 0) is 4.79 Å². The molecule has 0 fully saturated rings. The van der Waals surface area contributed by atoms with Crippen molar-refractivity contribution >= 4 is 5.97 Å². The summed E-state index contributed by atoms with van der Waals surface area (Å²) in [6.45, 7) is 6.60. The Bertz CT molecular complexity index is 1390. The van der Waals surface area contributed by atoms with Crippen molar-refractivity contribution in [2.75, 3.05) is 19.8 Å². The number of carbonyl (C=O) groups excluding carboxylic acids is 1. The fraction of sp³-hybridized carbons (Fsp3) is 0.267. The molecule has 1 aliphatic rings. The van der Waals surface area contributed by atoms with E-state index in [-0.39, 0.29) is 23.8 Å². The summed E-state index contributed by atoms with van der Waals surface area (Å²) < 4.78 is 28.5. The molecule has 2 N–H and O–H groups in total. The average Bonchev–Trinajstić information content (AvgIpc) is 2.91. The van der Waals surface area contributed by atoms with Crippen LogP contribution in [0.1, 0.15) is 42.9 Å². The van der Waals surface area contributed by atoms with Crippen LogP contribution in [0, 0.1) is 18.3 Å². The maximum atomic E-state index is 12.4. The minimum Gasteiger partial charge on any atom is -0.490 e. The smallest absolute Gasteiger partial charge is 0.349 e. The van der Waals surface area contributed by atoms with Gasteiger partial charge in [-0.2, -0.15) is 5.26 Å². The molecule has 0 saturated carbocycles. The van der Waals surface area contributed by atoms with Crippen molar-refractivity contribution in [3.05, 3.63) is 88.8 Å². The number of nitrogens with two attached hydrogens (primary N) is 1. The first-order chi connectivity index (χ1) is 18.4. The first-order valence-electron chi connectivity index (χ1n) is 12.4. The van der Waals surface area contributed by atoms with Gasteiger partial charge in [-0.15, -0.1) is 0 Å². The summed E-state index contributed by atoms with van der Waals surface area (Å²) in [6.07, 6.45) is 0.865. The van der Waals surface area contributed by atoms with E-state index < -0.39 is 11.9 Å². The van der Waals surface area contributed by atoms with Gasteiger partial charge in [0.25, 0.3) is 0 Å². The molecule has 4 rings (SSSR count). The number of hydrogen-bond acceptors (Lipinski definition) is 8. The van der Waals surface area contributed by atoms with Crippen LogP contribution in [0.2, 0.25) is 0 Å². The van der Waals surface area contributed by atoms with Gasteiger partial charge in [-0.25, -0.2) is 4.79 Å². The van der Waals surface area contributed by atoms with Crippen LogP contribution in [-0.4, -0.2) is 25.8 Å². The molecule has 1 unspecified atom stereocenters. The highest BCUT2D eigenvalue weighted by Crippen LogP contribution is 2.45. The molecule has 3 aromatic rings. The van der Waals surface area contributed by atoms with Gasteiger partial charge in [-0.1, -0.05) is 37.3 Å². The lowest BCUT2D eigenvalue weighted by Crippen LogP contribution is -2.22. The molecule has 0 spiro atoms. The Balaban J connectivity index is 1.59. The Hall–Kier alpha value is -4.64. The van der Waals surface area contributed by atoms with E-state index in [0.29, 0.717) is 41.8 Å². The SMILES string of the molecule is CCCOc1ccc(C2C(C#N)=C(N)Oc3cc(OC(=O)COc4ccccc4C)ccc32)cc1OCC.